The second kappa shape index (κ2) is 8.75. The highest BCUT2D eigenvalue weighted by Crippen LogP contribution is 2.32. The van der Waals surface area contributed by atoms with Gasteiger partial charge in [0.25, 0.3) is 0 Å². The van der Waals surface area contributed by atoms with Gasteiger partial charge in [-0.3, -0.25) is 15.1 Å². The lowest BCUT2D eigenvalue weighted by Crippen LogP contribution is -2.44. The smallest absolute Gasteiger partial charge is 0.159 e. The molecule has 9 heteroatoms. The van der Waals surface area contributed by atoms with Crippen molar-refractivity contribution < 1.29 is 0 Å². The predicted molar refractivity (Wildman–Crippen MR) is 139 cm³/mol. The third-order valence-corrected chi connectivity index (χ3v) is 6.60. The van der Waals surface area contributed by atoms with Gasteiger partial charge in [-0.15, -0.1) is 0 Å². The van der Waals surface area contributed by atoms with Gasteiger partial charge in [0.05, 0.1) is 28.6 Å². The van der Waals surface area contributed by atoms with Crippen LogP contribution in [0.15, 0.2) is 48.9 Å². The van der Waals surface area contributed by atoms with Crippen LogP contribution in [0.3, 0.4) is 0 Å². The lowest BCUT2D eigenvalue weighted by atomic mass is 10.1. The molecule has 0 amide bonds. The van der Waals surface area contributed by atoms with Gasteiger partial charge in [-0.05, 0) is 51.0 Å². The average molecular weight is 468 g/mol. The molecule has 0 unspecified atom stereocenters. The topological polar surface area (TPSA) is 92.9 Å². The lowest BCUT2D eigenvalue weighted by Gasteiger charge is -2.34. The molecule has 9 nitrogen and oxygen atoms in total. The molecular formula is C26H29N9. The number of hydrogen-bond donors (Lipinski definition) is 2. The zero-order chi connectivity index (χ0) is 23.9. The SMILES string of the molecule is CN(C)Cc1cncc(-c2cc3c(-c4nc5c(N6CCN(C)CC6)cccc5[nH]4)n[nH]c3cn2)c1. The summed E-state index contributed by atoms with van der Waals surface area (Å²) >= 11 is 0. The van der Waals surface area contributed by atoms with E-state index >= 15 is 0 Å². The van der Waals surface area contributed by atoms with Crippen LogP contribution in [0, 0.1) is 0 Å². The molecule has 1 aromatic carbocycles. The quantitative estimate of drug-likeness (QED) is 0.409. The first-order valence-corrected chi connectivity index (χ1v) is 11.9. The van der Waals surface area contributed by atoms with Crippen LogP contribution in [0.25, 0.3) is 44.7 Å². The van der Waals surface area contributed by atoms with Crippen molar-refractivity contribution in [2.45, 2.75) is 6.54 Å². The number of hydrogen-bond acceptors (Lipinski definition) is 7. The van der Waals surface area contributed by atoms with Crippen LogP contribution < -0.4 is 4.90 Å². The molecule has 5 heterocycles. The Kier molecular flexibility index (Phi) is 5.43. The van der Waals surface area contributed by atoms with Gasteiger partial charge in [0, 0.05) is 56.1 Å². The van der Waals surface area contributed by atoms with E-state index in [0.717, 1.165) is 83.0 Å². The highest BCUT2D eigenvalue weighted by molar-refractivity contribution is 5.96. The van der Waals surface area contributed by atoms with Crippen LogP contribution in [0.5, 0.6) is 0 Å². The van der Waals surface area contributed by atoms with Gasteiger partial charge in [0.15, 0.2) is 5.82 Å². The third-order valence-electron chi connectivity index (χ3n) is 6.60. The Labute approximate surface area is 203 Å². The van der Waals surface area contributed by atoms with Crippen LogP contribution >= 0.6 is 0 Å². The fraction of sp³-hybridized carbons (Fsp3) is 0.308. The Hall–Kier alpha value is -3.82. The number of fused-ring (bicyclic) bond motifs is 2. The number of H-pyrrole nitrogens is 2. The number of aromatic nitrogens is 6. The summed E-state index contributed by atoms with van der Waals surface area (Å²) in [5.74, 6) is 0.754. The Morgan fingerprint density at radius 3 is 2.69 bits per heavy atom. The second-order valence-corrected chi connectivity index (χ2v) is 9.56. The fourth-order valence-electron chi connectivity index (χ4n) is 4.77. The van der Waals surface area contributed by atoms with E-state index in [-0.39, 0.29) is 0 Å². The summed E-state index contributed by atoms with van der Waals surface area (Å²) in [4.78, 5) is 24.5. The molecule has 1 fully saturated rings. The zero-order valence-corrected chi connectivity index (χ0v) is 20.3. The summed E-state index contributed by atoms with van der Waals surface area (Å²) in [6.45, 7) is 4.93. The molecular weight excluding hydrogens is 438 g/mol. The third kappa shape index (κ3) is 4.13. The van der Waals surface area contributed by atoms with Crippen LogP contribution in [0.2, 0.25) is 0 Å². The summed E-state index contributed by atoms with van der Waals surface area (Å²) in [7, 11) is 6.28. The molecule has 5 aromatic rings. The normalized spacial score (nSPS) is 15.0. The molecule has 1 saturated heterocycles. The van der Waals surface area contributed by atoms with E-state index in [9.17, 15) is 0 Å². The van der Waals surface area contributed by atoms with Crippen molar-refractivity contribution in [2.24, 2.45) is 0 Å². The maximum Gasteiger partial charge on any atom is 0.159 e. The van der Waals surface area contributed by atoms with E-state index in [2.05, 4.69) is 91.3 Å². The molecule has 4 aromatic heterocycles. The summed E-state index contributed by atoms with van der Waals surface area (Å²) in [5.41, 5.74) is 7.84. The highest BCUT2D eigenvalue weighted by atomic mass is 15.3. The number of aromatic amines is 2. The van der Waals surface area contributed by atoms with Gasteiger partial charge >= 0.3 is 0 Å². The minimum atomic E-state index is 0.754. The minimum Gasteiger partial charge on any atom is -0.367 e. The summed E-state index contributed by atoms with van der Waals surface area (Å²) < 4.78 is 0. The number of anilines is 1. The van der Waals surface area contributed by atoms with Gasteiger partial charge in [0.2, 0.25) is 0 Å². The molecule has 178 valence electrons. The largest absolute Gasteiger partial charge is 0.367 e. The molecule has 35 heavy (non-hydrogen) atoms. The number of benzene rings is 1. The van der Waals surface area contributed by atoms with Crippen molar-refractivity contribution in [3.8, 4) is 22.8 Å². The molecule has 0 radical (unpaired) electrons. The van der Waals surface area contributed by atoms with Gasteiger partial charge in [0.1, 0.15) is 11.2 Å². The van der Waals surface area contributed by atoms with E-state index < -0.39 is 0 Å². The molecule has 6 rings (SSSR count). The van der Waals surface area contributed by atoms with Crippen LogP contribution in [-0.2, 0) is 6.54 Å². The maximum absolute atomic E-state index is 5.02. The summed E-state index contributed by atoms with van der Waals surface area (Å²) in [5, 5.41) is 8.70. The van der Waals surface area contributed by atoms with Crippen molar-refractivity contribution in [1.29, 1.82) is 0 Å². The van der Waals surface area contributed by atoms with E-state index in [1.807, 2.05) is 18.6 Å². The van der Waals surface area contributed by atoms with Crippen LogP contribution in [0.1, 0.15) is 5.56 Å². The number of para-hydroxylation sites is 1. The Morgan fingerprint density at radius 1 is 1.00 bits per heavy atom. The molecule has 2 N–H and O–H groups in total. The number of nitrogens with one attached hydrogen (secondary N) is 2. The fourth-order valence-corrected chi connectivity index (χ4v) is 4.77. The first kappa shape index (κ1) is 21.7. The number of imidazole rings is 1. The second-order valence-electron chi connectivity index (χ2n) is 9.56. The van der Waals surface area contributed by atoms with Crippen molar-refractivity contribution >= 4 is 27.6 Å². The molecule has 0 spiro atoms. The Balaban J connectivity index is 1.39. The van der Waals surface area contributed by atoms with Crippen LogP contribution in [0.4, 0.5) is 5.69 Å². The number of nitrogens with zero attached hydrogens (tertiary/aromatic N) is 7. The van der Waals surface area contributed by atoms with Crippen LogP contribution in [-0.4, -0.2) is 87.3 Å². The zero-order valence-electron chi connectivity index (χ0n) is 20.3. The van der Waals surface area contributed by atoms with Gasteiger partial charge in [-0.25, -0.2) is 4.98 Å². The number of pyridine rings is 2. The van der Waals surface area contributed by atoms with Crippen molar-refractivity contribution in [1.82, 2.24) is 39.9 Å². The molecule has 0 bridgehead atoms. The number of piperazine rings is 1. The number of likely N-dealkylation sites (N-methyl/N-ethyl adjacent to an activating group) is 1. The van der Waals surface area contributed by atoms with E-state index in [4.69, 9.17) is 4.98 Å². The Bertz CT molecular complexity index is 1490. The van der Waals surface area contributed by atoms with E-state index in [1.54, 1.807) is 0 Å². The maximum atomic E-state index is 5.02. The van der Waals surface area contributed by atoms with Crippen molar-refractivity contribution in [3.63, 3.8) is 0 Å². The monoisotopic (exact) mass is 467 g/mol. The predicted octanol–water partition coefficient (Wildman–Crippen LogP) is 3.38. The standard InChI is InChI=1S/C26H29N9/c1-33(2)16-17-11-18(14-27-13-17)21-12-19-22(15-28-21)31-32-24(19)26-29-20-5-4-6-23(25(20)30-26)35-9-7-34(3)8-10-35/h4-6,11-15H,7-10,16H2,1-3H3,(H,29,30)(H,31,32). The van der Waals surface area contributed by atoms with E-state index in [1.165, 1.54) is 5.69 Å². The average Bonchev–Trinajstić information content (AvgIpc) is 3.48. The van der Waals surface area contributed by atoms with Crippen molar-refractivity contribution in [2.75, 3.05) is 52.2 Å². The molecule has 0 saturated carbocycles. The first-order chi connectivity index (χ1) is 17.0. The number of rotatable bonds is 5. The summed E-state index contributed by atoms with van der Waals surface area (Å²) in [6, 6.07) is 10.5. The van der Waals surface area contributed by atoms with Gasteiger partial charge in [-0.1, -0.05) is 6.07 Å². The van der Waals surface area contributed by atoms with Gasteiger partial charge < -0.3 is 19.7 Å². The summed E-state index contributed by atoms with van der Waals surface area (Å²) in [6.07, 6.45) is 5.59. The molecule has 0 atom stereocenters. The minimum absolute atomic E-state index is 0.754. The van der Waals surface area contributed by atoms with Gasteiger partial charge in [-0.2, -0.15) is 5.10 Å². The van der Waals surface area contributed by atoms with E-state index in [0.29, 0.717) is 0 Å². The Morgan fingerprint density at radius 2 is 1.86 bits per heavy atom. The van der Waals surface area contributed by atoms with Crippen molar-refractivity contribution in [3.05, 3.63) is 54.5 Å². The molecule has 0 aliphatic carbocycles. The lowest BCUT2D eigenvalue weighted by molar-refractivity contribution is 0.313. The first-order valence-electron chi connectivity index (χ1n) is 11.9. The highest BCUT2D eigenvalue weighted by Gasteiger charge is 2.20. The molecule has 1 aliphatic rings. The molecule has 1 aliphatic heterocycles.